The molecule has 1 aliphatic rings. The Labute approximate surface area is 131 Å². The molecule has 0 amide bonds. The second-order valence-corrected chi connectivity index (χ2v) is 4.89. The number of phenols is 2. The smallest absolute Gasteiger partial charge is 0.326 e. The van der Waals surface area contributed by atoms with Gasteiger partial charge in [-0.3, -0.25) is 29.8 Å². The van der Waals surface area contributed by atoms with E-state index < -0.39 is 61.0 Å². The number of aromatic hydroxyl groups is 2. The van der Waals surface area contributed by atoms with Crippen molar-refractivity contribution in [3.63, 3.8) is 0 Å². The van der Waals surface area contributed by atoms with Crippen LogP contribution in [0.5, 0.6) is 11.5 Å². The van der Waals surface area contributed by atoms with E-state index in [0.29, 0.717) is 6.07 Å². The number of nitrogens with zero attached hydrogens (tertiary/aromatic N) is 2. The van der Waals surface area contributed by atoms with Gasteiger partial charge in [0, 0.05) is 17.2 Å². The first kappa shape index (κ1) is 15.1. The van der Waals surface area contributed by atoms with Gasteiger partial charge in [0.2, 0.25) is 17.3 Å². The Kier molecular flexibility index (Phi) is 3.04. The summed E-state index contributed by atoms with van der Waals surface area (Å²) in [5.74, 6) is -4.19. The highest BCUT2D eigenvalue weighted by Gasteiger charge is 2.42. The molecular formula is C14H6N2O8. The van der Waals surface area contributed by atoms with E-state index >= 15 is 0 Å². The highest BCUT2D eigenvalue weighted by molar-refractivity contribution is 6.31. The van der Waals surface area contributed by atoms with Crippen molar-refractivity contribution in [3.05, 3.63) is 66.7 Å². The molecule has 0 saturated heterocycles. The lowest BCUT2D eigenvalue weighted by Crippen LogP contribution is -2.23. The molecule has 0 aliphatic heterocycles. The van der Waals surface area contributed by atoms with Crippen LogP contribution in [0.4, 0.5) is 11.4 Å². The molecule has 2 aromatic carbocycles. The number of nitro groups is 2. The number of nitro benzene ring substituents is 2. The third-order valence-electron chi connectivity index (χ3n) is 3.62. The summed E-state index contributed by atoms with van der Waals surface area (Å²) in [5.41, 5.74) is -3.95. The number of benzene rings is 2. The molecular weight excluding hydrogens is 324 g/mol. The standard InChI is InChI=1S/C14H6N2O8/c17-8-4-6-10(11(14(8)20)16(23)24)12(18)5-2-1-3-7(15(21)22)9(5)13(6)19/h1-4,17,20H. The Hall–Kier alpha value is -3.82. The molecule has 10 nitrogen and oxygen atoms in total. The van der Waals surface area contributed by atoms with E-state index in [-0.39, 0.29) is 5.56 Å². The van der Waals surface area contributed by atoms with Gasteiger partial charge in [-0.25, -0.2) is 0 Å². The van der Waals surface area contributed by atoms with Crippen LogP contribution >= 0.6 is 0 Å². The van der Waals surface area contributed by atoms with E-state index in [1.807, 2.05) is 0 Å². The molecule has 0 bridgehead atoms. The van der Waals surface area contributed by atoms with Crippen LogP contribution in [0.2, 0.25) is 0 Å². The molecule has 0 heterocycles. The van der Waals surface area contributed by atoms with E-state index in [9.17, 15) is 40.0 Å². The third-order valence-corrected chi connectivity index (χ3v) is 3.62. The Morgan fingerprint density at radius 1 is 0.875 bits per heavy atom. The largest absolute Gasteiger partial charge is 0.504 e. The zero-order chi connectivity index (χ0) is 17.8. The highest BCUT2D eigenvalue weighted by atomic mass is 16.6. The molecule has 3 rings (SSSR count). The lowest BCUT2D eigenvalue weighted by atomic mass is 9.82. The van der Waals surface area contributed by atoms with Gasteiger partial charge in [-0.15, -0.1) is 0 Å². The first-order chi connectivity index (χ1) is 11.3. The zero-order valence-corrected chi connectivity index (χ0v) is 11.5. The number of ketones is 2. The maximum Gasteiger partial charge on any atom is 0.326 e. The van der Waals surface area contributed by atoms with Crippen LogP contribution in [0.1, 0.15) is 31.8 Å². The van der Waals surface area contributed by atoms with Crippen LogP contribution < -0.4 is 0 Å². The van der Waals surface area contributed by atoms with Gasteiger partial charge in [-0.2, -0.15) is 0 Å². The summed E-state index contributed by atoms with van der Waals surface area (Å²) in [6.07, 6.45) is 0. The van der Waals surface area contributed by atoms with E-state index in [4.69, 9.17) is 0 Å². The lowest BCUT2D eigenvalue weighted by Gasteiger charge is -2.18. The van der Waals surface area contributed by atoms with Crippen molar-refractivity contribution in [1.82, 2.24) is 0 Å². The van der Waals surface area contributed by atoms with Gasteiger partial charge in [0.25, 0.3) is 5.69 Å². The number of phenolic OH excluding ortho intramolecular Hbond substituents is 2. The van der Waals surface area contributed by atoms with Gasteiger partial charge < -0.3 is 10.2 Å². The van der Waals surface area contributed by atoms with Crippen LogP contribution in [0, 0.1) is 20.2 Å². The van der Waals surface area contributed by atoms with E-state index in [1.54, 1.807) is 0 Å². The Morgan fingerprint density at radius 2 is 1.50 bits per heavy atom. The minimum absolute atomic E-state index is 0.380. The Morgan fingerprint density at radius 3 is 2.08 bits per heavy atom. The summed E-state index contributed by atoms with van der Waals surface area (Å²) < 4.78 is 0. The molecule has 0 unspecified atom stereocenters. The SMILES string of the molecule is O=C1c2cc(O)c(O)c([N+](=O)[O-])c2C(=O)c2cccc([N+](=O)[O-])c21. The second-order valence-electron chi connectivity index (χ2n) is 4.89. The maximum absolute atomic E-state index is 12.5. The summed E-state index contributed by atoms with van der Waals surface area (Å²) in [4.78, 5) is 45.3. The molecule has 0 spiro atoms. The number of hydrogen-bond donors (Lipinski definition) is 2. The fourth-order valence-corrected chi connectivity index (χ4v) is 2.62. The molecule has 10 heteroatoms. The molecule has 0 aromatic heterocycles. The maximum atomic E-state index is 12.5. The molecule has 1 aliphatic carbocycles. The van der Waals surface area contributed by atoms with Gasteiger partial charge in [0.05, 0.1) is 9.85 Å². The molecule has 2 N–H and O–H groups in total. The van der Waals surface area contributed by atoms with E-state index in [1.165, 1.54) is 6.07 Å². The van der Waals surface area contributed by atoms with Crippen LogP contribution in [-0.4, -0.2) is 31.6 Å². The van der Waals surface area contributed by atoms with Crippen molar-refractivity contribution >= 4 is 22.9 Å². The predicted molar refractivity (Wildman–Crippen MR) is 76.4 cm³/mol. The number of carbonyl (C=O) groups excluding carboxylic acids is 2. The van der Waals surface area contributed by atoms with E-state index in [0.717, 1.165) is 12.1 Å². The summed E-state index contributed by atoms with van der Waals surface area (Å²) >= 11 is 0. The zero-order valence-electron chi connectivity index (χ0n) is 11.5. The predicted octanol–water partition coefficient (Wildman–Crippen LogP) is 1.69. The number of carbonyl (C=O) groups is 2. The third kappa shape index (κ3) is 1.83. The molecule has 0 atom stereocenters. The minimum atomic E-state index is -1.16. The quantitative estimate of drug-likeness (QED) is 0.407. The van der Waals surface area contributed by atoms with Crippen LogP contribution in [0.25, 0.3) is 0 Å². The van der Waals surface area contributed by atoms with Gasteiger partial charge in [0.15, 0.2) is 5.75 Å². The lowest BCUT2D eigenvalue weighted by molar-refractivity contribution is -0.386. The average Bonchev–Trinajstić information content (AvgIpc) is 2.53. The Bertz CT molecular complexity index is 977. The number of fused-ring (bicyclic) bond motifs is 2. The average molecular weight is 330 g/mol. The van der Waals surface area contributed by atoms with Crippen LogP contribution in [-0.2, 0) is 0 Å². The van der Waals surface area contributed by atoms with Crippen LogP contribution in [0.15, 0.2) is 24.3 Å². The summed E-state index contributed by atoms with van der Waals surface area (Å²) in [7, 11) is 0. The van der Waals surface area contributed by atoms with Crippen molar-refractivity contribution in [3.8, 4) is 11.5 Å². The normalized spacial score (nSPS) is 12.5. The second kappa shape index (κ2) is 4.84. The summed E-state index contributed by atoms with van der Waals surface area (Å²) in [5, 5.41) is 41.5. The molecule has 2 aromatic rings. The molecule has 0 radical (unpaired) electrons. The fourth-order valence-electron chi connectivity index (χ4n) is 2.62. The number of rotatable bonds is 2. The molecule has 24 heavy (non-hydrogen) atoms. The molecule has 0 saturated carbocycles. The van der Waals surface area contributed by atoms with Crippen molar-refractivity contribution in [2.24, 2.45) is 0 Å². The number of hydrogen-bond acceptors (Lipinski definition) is 8. The minimum Gasteiger partial charge on any atom is -0.504 e. The van der Waals surface area contributed by atoms with Crippen molar-refractivity contribution in [1.29, 1.82) is 0 Å². The van der Waals surface area contributed by atoms with Crippen molar-refractivity contribution in [2.75, 3.05) is 0 Å². The first-order valence-corrected chi connectivity index (χ1v) is 6.35. The van der Waals surface area contributed by atoms with Gasteiger partial charge in [0.1, 0.15) is 11.1 Å². The van der Waals surface area contributed by atoms with Crippen molar-refractivity contribution < 1.29 is 29.6 Å². The fraction of sp³-hybridized carbons (Fsp3) is 0. The Balaban J connectivity index is 2.44. The van der Waals surface area contributed by atoms with E-state index in [2.05, 4.69) is 0 Å². The topological polar surface area (TPSA) is 161 Å². The monoisotopic (exact) mass is 330 g/mol. The van der Waals surface area contributed by atoms with Gasteiger partial charge >= 0.3 is 5.69 Å². The van der Waals surface area contributed by atoms with Crippen molar-refractivity contribution in [2.45, 2.75) is 0 Å². The van der Waals surface area contributed by atoms with Gasteiger partial charge in [-0.05, 0) is 12.1 Å². The molecule has 120 valence electrons. The highest BCUT2D eigenvalue weighted by Crippen LogP contribution is 2.45. The first-order valence-electron chi connectivity index (χ1n) is 6.35. The summed E-state index contributed by atoms with van der Waals surface area (Å²) in [6, 6.07) is 3.99. The molecule has 0 fully saturated rings. The van der Waals surface area contributed by atoms with Gasteiger partial charge in [-0.1, -0.05) is 6.07 Å². The summed E-state index contributed by atoms with van der Waals surface area (Å²) in [6.45, 7) is 0. The van der Waals surface area contributed by atoms with Crippen LogP contribution in [0.3, 0.4) is 0 Å².